The van der Waals surface area contributed by atoms with E-state index in [2.05, 4.69) is 20.9 Å². The molecule has 11 heteroatoms. The number of alkyl halides is 2. The number of aromatic nitrogens is 1. The second-order valence-corrected chi connectivity index (χ2v) is 6.01. The van der Waals surface area contributed by atoms with Crippen LogP contribution in [0.5, 0.6) is 0 Å². The first kappa shape index (κ1) is 14.2. The first-order valence-electron chi connectivity index (χ1n) is 3.72. The second-order valence-electron chi connectivity index (χ2n) is 2.68. The maximum atomic E-state index is 12.4. The molecule has 0 fully saturated rings. The van der Waals surface area contributed by atoms with Gasteiger partial charge in [-0.2, -0.15) is 0 Å². The van der Waals surface area contributed by atoms with Gasteiger partial charge in [0, 0.05) is 16.7 Å². The first-order valence-corrected chi connectivity index (χ1v) is 6.82. The van der Waals surface area contributed by atoms with Gasteiger partial charge < -0.3 is 0 Å². The van der Waals surface area contributed by atoms with Gasteiger partial charge in [-0.1, -0.05) is 0 Å². The van der Waals surface area contributed by atoms with Crippen LogP contribution in [0.1, 0.15) is 12.1 Å². The van der Waals surface area contributed by atoms with Gasteiger partial charge in [0.05, 0.1) is 9.40 Å². The minimum atomic E-state index is -4.59. The third kappa shape index (κ3) is 3.07. The van der Waals surface area contributed by atoms with Crippen molar-refractivity contribution >= 4 is 41.4 Å². The summed E-state index contributed by atoms with van der Waals surface area (Å²) in [6.07, 6.45) is -3.10. The molecule has 0 aliphatic rings. The predicted octanol–water partition coefficient (Wildman–Crippen LogP) is 2.62. The fourth-order valence-corrected chi connectivity index (χ4v) is 2.35. The van der Waals surface area contributed by atoms with E-state index in [1.54, 1.807) is 0 Å². The molecule has 0 bridgehead atoms. The highest BCUT2D eigenvalue weighted by Gasteiger charge is 2.30. The summed E-state index contributed by atoms with van der Waals surface area (Å²) >= 11 is 2.63. The van der Waals surface area contributed by atoms with Crippen LogP contribution in [0, 0.1) is 10.1 Å². The molecule has 1 heterocycles. The Hall–Kier alpha value is -0.870. The van der Waals surface area contributed by atoms with E-state index in [1.165, 1.54) is 0 Å². The number of pyridine rings is 1. The third-order valence-corrected chi connectivity index (χ3v) is 3.42. The average Bonchev–Trinajstić information content (AvgIpc) is 2.14. The van der Waals surface area contributed by atoms with Crippen molar-refractivity contribution in [2.75, 3.05) is 0 Å². The van der Waals surface area contributed by atoms with Crippen LogP contribution in [0.3, 0.4) is 0 Å². The van der Waals surface area contributed by atoms with E-state index in [-0.39, 0.29) is 4.47 Å². The molecule has 0 spiro atoms. The van der Waals surface area contributed by atoms with Crippen molar-refractivity contribution < 1.29 is 22.1 Å². The predicted molar refractivity (Wildman–Crippen MR) is 56.6 cm³/mol. The number of hydrogen-bond donors (Lipinski definition) is 0. The van der Waals surface area contributed by atoms with Crippen LogP contribution in [-0.4, -0.2) is 18.3 Å². The topological polar surface area (TPSA) is 90.2 Å². The summed E-state index contributed by atoms with van der Waals surface area (Å²) in [5.41, 5.74) is -1.91. The van der Waals surface area contributed by atoms with Gasteiger partial charge in [-0.15, -0.1) is 0 Å². The quantitative estimate of drug-likeness (QED) is 0.474. The molecule has 0 unspecified atom stereocenters. The van der Waals surface area contributed by atoms with Gasteiger partial charge in [0.25, 0.3) is 15.5 Å². The molecule has 0 N–H and O–H groups in total. The molecule has 0 radical (unpaired) electrons. The minimum absolute atomic E-state index is 0.372. The summed E-state index contributed by atoms with van der Waals surface area (Å²) in [5, 5.41) is 9.33. The normalized spacial score (nSPS) is 11.8. The minimum Gasteiger partial charge on any atom is -0.258 e. The lowest BCUT2D eigenvalue weighted by atomic mass is 10.3. The van der Waals surface area contributed by atoms with E-state index in [9.17, 15) is 27.3 Å². The number of rotatable bonds is 3. The van der Waals surface area contributed by atoms with Crippen molar-refractivity contribution in [1.29, 1.82) is 0 Å². The van der Waals surface area contributed by atoms with E-state index in [4.69, 9.17) is 10.7 Å². The Kier molecular flexibility index (Phi) is 3.99. The molecule has 17 heavy (non-hydrogen) atoms. The van der Waals surface area contributed by atoms with E-state index in [1.807, 2.05) is 0 Å². The fourth-order valence-electron chi connectivity index (χ4n) is 0.939. The van der Waals surface area contributed by atoms with Crippen LogP contribution in [0.4, 0.5) is 14.5 Å². The van der Waals surface area contributed by atoms with Crippen LogP contribution in [0.15, 0.2) is 15.6 Å². The lowest BCUT2D eigenvalue weighted by Crippen LogP contribution is -2.05. The Balaban J connectivity index is 3.66. The smallest absolute Gasteiger partial charge is 0.258 e. The molecule has 1 rings (SSSR count). The summed E-state index contributed by atoms with van der Waals surface area (Å²) in [4.78, 5) is 12.5. The summed E-state index contributed by atoms with van der Waals surface area (Å²) in [5.74, 6) is 0. The van der Waals surface area contributed by atoms with Crippen molar-refractivity contribution in [3.63, 3.8) is 0 Å². The van der Waals surface area contributed by atoms with Crippen LogP contribution in [-0.2, 0) is 9.05 Å². The molecular weight excluding hydrogens is 349 g/mol. The molecule has 0 atom stereocenters. The summed E-state index contributed by atoms with van der Waals surface area (Å²) < 4.78 is 46.5. The van der Waals surface area contributed by atoms with Gasteiger partial charge in [-0.3, -0.25) is 10.1 Å². The molecule has 1 aromatic heterocycles. The van der Waals surface area contributed by atoms with Gasteiger partial charge in [-0.25, -0.2) is 22.2 Å². The maximum absolute atomic E-state index is 12.4. The standard InChI is InChI=1S/C6H2BrClF2N2O4S/c7-2-1-3(12(13)14)6(17(8,15)16)11-4(2)5(9)10/h1,5H. The van der Waals surface area contributed by atoms with Gasteiger partial charge >= 0.3 is 5.69 Å². The zero-order chi connectivity index (χ0) is 13.4. The Morgan fingerprint density at radius 2 is 2.06 bits per heavy atom. The summed E-state index contributed by atoms with van der Waals surface area (Å²) in [6.45, 7) is 0. The number of hydrogen-bond acceptors (Lipinski definition) is 5. The van der Waals surface area contributed by atoms with E-state index in [0.29, 0.717) is 6.07 Å². The van der Waals surface area contributed by atoms with Crippen molar-refractivity contribution in [3.8, 4) is 0 Å². The molecule has 0 saturated heterocycles. The van der Waals surface area contributed by atoms with Crippen LogP contribution < -0.4 is 0 Å². The monoisotopic (exact) mass is 350 g/mol. The van der Waals surface area contributed by atoms with Crippen molar-refractivity contribution in [1.82, 2.24) is 4.98 Å². The van der Waals surface area contributed by atoms with Crippen LogP contribution in [0.25, 0.3) is 0 Å². The van der Waals surface area contributed by atoms with Crippen molar-refractivity contribution in [2.45, 2.75) is 11.5 Å². The largest absolute Gasteiger partial charge is 0.309 e. The number of nitro groups is 1. The molecule has 94 valence electrons. The van der Waals surface area contributed by atoms with E-state index < -0.39 is 36.8 Å². The van der Waals surface area contributed by atoms with Crippen molar-refractivity contribution in [3.05, 3.63) is 26.3 Å². The highest BCUT2D eigenvalue weighted by molar-refractivity contribution is 9.10. The SMILES string of the molecule is O=[N+]([O-])c1cc(Br)c(C(F)F)nc1S(=O)(=O)Cl. The zero-order valence-corrected chi connectivity index (χ0v) is 10.8. The molecule has 0 amide bonds. The van der Waals surface area contributed by atoms with E-state index >= 15 is 0 Å². The number of halogens is 4. The molecule has 0 aromatic carbocycles. The van der Waals surface area contributed by atoms with Crippen LogP contribution in [0.2, 0.25) is 0 Å². The Bertz CT molecular complexity index is 580. The van der Waals surface area contributed by atoms with E-state index in [0.717, 1.165) is 0 Å². The van der Waals surface area contributed by atoms with Crippen molar-refractivity contribution in [2.24, 2.45) is 0 Å². The summed E-state index contributed by atoms with van der Waals surface area (Å²) in [6, 6.07) is 0.615. The molecule has 0 aliphatic carbocycles. The highest BCUT2D eigenvalue weighted by Crippen LogP contribution is 2.33. The Morgan fingerprint density at radius 3 is 2.41 bits per heavy atom. The maximum Gasteiger partial charge on any atom is 0.309 e. The Morgan fingerprint density at radius 1 is 1.53 bits per heavy atom. The van der Waals surface area contributed by atoms with Crippen LogP contribution >= 0.6 is 26.6 Å². The van der Waals surface area contributed by atoms with Gasteiger partial charge in [-0.05, 0) is 15.9 Å². The third-order valence-electron chi connectivity index (χ3n) is 1.58. The molecular formula is C6H2BrClF2N2O4S. The molecule has 1 aromatic rings. The first-order chi connectivity index (χ1) is 7.64. The Labute approximate surface area is 106 Å². The highest BCUT2D eigenvalue weighted by atomic mass is 79.9. The lowest BCUT2D eigenvalue weighted by Gasteiger charge is -2.04. The second kappa shape index (κ2) is 4.78. The zero-order valence-electron chi connectivity index (χ0n) is 7.60. The lowest BCUT2D eigenvalue weighted by molar-refractivity contribution is -0.388. The average molecular weight is 352 g/mol. The molecule has 0 aliphatic heterocycles. The van der Waals surface area contributed by atoms with Gasteiger partial charge in [0.2, 0.25) is 5.03 Å². The van der Waals surface area contributed by atoms with Gasteiger partial charge in [0.1, 0.15) is 5.69 Å². The fraction of sp³-hybridized carbons (Fsp3) is 0.167. The number of nitrogens with zero attached hydrogens (tertiary/aromatic N) is 2. The molecule has 0 saturated carbocycles. The summed E-state index contributed by atoms with van der Waals surface area (Å²) in [7, 11) is 0.296. The van der Waals surface area contributed by atoms with Gasteiger partial charge in [0.15, 0.2) is 0 Å². The molecule has 6 nitrogen and oxygen atoms in total.